The van der Waals surface area contributed by atoms with Crippen molar-refractivity contribution in [2.75, 3.05) is 44.6 Å². The normalized spacial score (nSPS) is 22.1. The number of carbonyl (C=O) groups is 2. The summed E-state index contributed by atoms with van der Waals surface area (Å²) in [6.07, 6.45) is 1.70. The Kier molecular flexibility index (Phi) is 6.89. The second kappa shape index (κ2) is 9.85. The number of rotatable bonds is 6. The zero-order chi connectivity index (χ0) is 26.4. The Morgan fingerprint density at radius 3 is 2.30 bits per heavy atom. The number of aliphatic hydroxyl groups is 1. The fraction of sp³-hybridized carbons (Fsp3) is 0.481. The summed E-state index contributed by atoms with van der Waals surface area (Å²) >= 11 is 6.29. The van der Waals surface area contributed by atoms with Crippen molar-refractivity contribution in [3.63, 3.8) is 0 Å². The minimum atomic E-state index is -2.81. The molecular formula is C27H31ClF2N4O3. The Bertz CT molecular complexity index is 1160. The van der Waals surface area contributed by atoms with E-state index in [1.54, 1.807) is 42.2 Å². The predicted molar refractivity (Wildman–Crippen MR) is 137 cm³/mol. The van der Waals surface area contributed by atoms with Crippen LogP contribution in [0.25, 0.3) is 0 Å². The zero-order valence-electron chi connectivity index (χ0n) is 20.7. The van der Waals surface area contributed by atoms with E-state index in [0.29, 0.717) is 24.7 Å². The van der Waals surface area contributed by atoms with E-state index in [2.05, 4.69) is 10.2 Å². The first-order valence-corrected chi connectivity index (χ1v) is 13.0. The Morgan fingerprint density at radius 1 is 1.05 bits per heavy atom. The summed E-state index contributed by atoms with van der Waals surface area (Å²) in [5, 5.41) is 14.5. The van der Waals surface area contributed by atoms with Crippen molar-refractivity contribution in [3.8, 4) is 0 Å². The summed E-state index contributed by atoms with van der Waals surface area (Å²) in [6.45, 7) is 3.33. The van der Waals surface area contributed by atoms with Gasteiger partial charge in [-0.3, -0.25) is 14.5 Å². The predicted octanol–water partition coefficient (Wildman–Crippen LogP) is 3.43. The minimum Gasteiger partial charge on any atom is -0.380 e. The van der Waals surface area contributed by atoms with Crippen LogP contribution in [0.1, 0.15) is 35.7 Å². The standard InChI is InChI=1S/C27H31ClF2N4O3/c1-26(37,18-5-3-2-4-6-18)25(36)32-11-9-21(10-12-32)33-14-20(15-33)31-19-7-8-22(23(28)13-19)24(35)34-16-27(29,30)17-34/h2-8,13,20-21,31,37H,9-12,14-17H2,1H3. The topological polar surface area (TPSA) is 76.1 Å². The molecule has 0 spiro atoms. The molecular weight excluding hydrogens is 502 g/mol. The molecule has 0 bridgehead atoms. The number of benzene rings is 2. The van der Waals surface area contributed by atoms with Crippen LogP contribution in [-0.4, -0.2) is 88.9 Å². The molecule has 10 heteroatoms. The van der Waals surface area contributed by atoms with Gasteiger partial charge in [0, 0.05) is 37.9 Å². The SMILES string of the molecule is CC(O)(C(=O)N1CCC(N2CC(Nc3ccc(C(=O)N4CC(F)(F)C4)c(Cl)c3)C2)CC1)c1ccccc1. The molecule has 37 heavy (non-hydrogen) atoms. The second-order valence-corrected chi connectivity index (χ2v) is 10.9. The first-order valence-electron chi connectivity index (χ1n) is 12.6. The number of amides is 2. The average Bonchev–Trinajstić information content (AvgIpc) is 2.84. The van der Waals surface area contributed by atoms with Gasteiger partial charge in [0.15, 0.2) is 5.60 Å². The molecule has 1 atom stereocenters. The van der Waals surface area contributed by atoms with E-state index in [-0.39, 0.29) is 22.5 Å². The number of nitrogens with one attached hydrogen (secondary N) is 1. The monoisotopic (exact) mass is 532 g/mol. The number of nitrogens with zero attached hydrogens (tertiary/aromatic N) is 3. The van der Waals surface area contributed by atoms with Crippen LogP contribution >= 0.6 is 11.6 Å². The maximum absolute atomic E-state index is 13.1. The van der Waals surface area contributed by atoms with Crippen molar-refractivity contribution >= 4 is 29.1 Å². The van der Waals surface area contributed by atoms with Gasteiger partial charge in [0.2, 0.25) is 0 Å². The number of piperidine rings is 1. The molecule has 0 radical (unpaired) electrons. The third kappa shape index (κ3) is 5.30. The van der Waals surface area contributed by atoms with Gasteiger partial charge in [-0.1, -0.05) is 41.9 Å². The van der Waals surface area contributed by atoms with Gasteiger partial charge in [0.05, 0.1) is 29.7 Å². The van der Waals surface area contributed by atoms with Crippen LogP contribution in [-0.2, 0) is 10.4 Å². The molecule has 3 fully saturated rings. The van der Waals surface area contributed by atoms with Gasteiger partial charge < -0.3 is 20.2 Å². The number of alkyl halides is 2. The van der Waals surface area contributed by atoms with Gasteiger partial charge in [-0.05, 0) is 43.5 Å². The van der Waals surface area contributed by atoms with E-state index < -0.39 is 30.5 Å². The van der Waals surface area contributed by atoms with Gasteiger partial charge in [-0.15, -0.1) is 0 Å². The Hall–Kier alpha value is -2.75. The largest absolute Gasteiger partial charge is 0.380 e. The number of hydrogen-bond acceptors (Lipinski definition) is 5. The van der Waals surface area contributed by atoms with Gasteiger partial charge in [0.1, 0.15) is 0 Å². The Morgan fingerprint density at radius 2 is 1.70 bits per heavy atom. The third-order valence-electron chi connectivity index (χ3n) is 7.63. The highest BCUT2D eigenvalue weighted by Gasteiger charge is 2.46. The van der Waals surface area contributed by atoms with Crippen LogP contribution in [0.4, 0.5) is 14.5 Å². The number of hydrogen-bond donors (Lipinski definition) is 2. The van der Waals surface area contributed by atoms with Crippen molar-refractivity contribution in [3.05, 3.63) is 64.7 Å². The molecule has 3 saturated heterocycles. The Labute approximate surface area is 220 Å². The van der Waals surface area contributed by atoms with Crippen molar-refractivity contribution in [1.29, 1.82) is 0 Å². The van der Waals surface area contributed by atoms with Crippen molar-refractivity contribution in [2.45, 2.75) is 43.4 Å². The lowest BCUT2D eigenvalue weighted by Crippen LogP contribution is -2.61. The average molecular weight is 533 g/mol. The molecule has 0 aromatic heterocycles. The molecule has 7 nitrogen and oxygen atoms in total. The van der Waals surface area contributed by atoms with Gasteiger partial charge in [-0.2, -0.15) is 0 Å². The van der Waals surface area contributed by atoms with E-state index in [9.17, 15) is 23.5 Å². The highest BCUT2D eigenvalue weighted by molar-refractivity contribution is 6.34. The summed E-state index contributed by atoms with van der Waals surface area (Å²) in [6, 6.07) is 14.6. The zero-order valence-corrected chi connectivity index (χ0v) is 21.4. The van der Waals surface area contributed by atoms with E-state index in [1.807, 2.05) is 18.2 Å². The smallest absolute Gasteiger partial charge is 0.282 e. The molecule has 0 aliphatic carbocycles. The number of carbonyl (C=O) groups excluding carboxylic acids is 2. The van der Waals surface area contributed by atoms with E-state index in [0.717, 1.165) is 36.5 Å². The summed E-state index contributed by atoms with van der Waals surface area (Å²) in [5.74, 6) is -3.55. The first-order chi connectivity index (χ1) is 17.5. The van der Waals surface area contributed by atoms with Crippen LogP contribution in [0.2, 0.25) is 5.02 Å². The van der Waals surface area contributed by atoms with Gasteiger partial charge >= 0.3 is 0 Å². The van der Waals surface area contributed by atoms with Crippen molar-refractivity contribution in [2.24, 2.45) is 0 Å². The van der Waals surface area contributed by atoms with Gasteiger partial charge in [-0.25, -0.2) is 8.78 Å². The molecule has 2 aromatic carbocycles. The molecule has 0 saturated carbocycles. The molecule has 2 aromatic rings. The summed E-state index contributed by atoms with van der Waals surface area (Å²) in [5.41, 5.74) is 0.0642. The lowest BCUT2D eigenvalue weighted by atomic mass is 9.92. The number of anilines is 1. The van der Waals surface area contributed by atoms with E-state index in [1.165, 1.54) is 0 Å². The fourth-order valence-electron chi connectivity index (χ4n) is 5.37. The van der Waals surface area contributed by atoms with Crippen LogP contribution < -0.4 is 5.32 Å². The third-order valence-corrected chi connectivity index (χ3v) is 7.94. The number of likely N-dealkylation sites (tertiary alicyclic amines) is 3. The minimum absolute atomic E-state index is 0.227. The molecule has 3 heterocycles. The highest BCUT2D eigenvalue weighted by Crippen LogP contribution is 2.32. The molecule has 198 valence electrons. The summed E-state index contributed by atoms with van der Waals surface area (Å²) in [7, 11) is 0. The molecule has 2 N–H and O–H groups in total. The quantitative estimate of drug-likeness (QED) is 0.596. The van der Waals surface area contributed by atoms with Crippen LogP contribution in [0.15, 0.2) is 48.5 Å². The Balaban J connectivity index is 1.08. The van der Waals surface area contributed by atoms with Crippen molar-refractivity contribution < 1.29 is 23.5 Å². The lowest BCUT2D eigenvalue weighted by molar-refractivity contribution is -0.152. The highest BCUT2D eigenvalue weighted by atomic mass is 35.5. The first kappa shape index (κ1) is 25.9. The summed E-state index contributed by atoms with van der Waals surface area (Å²) < 4.78 is 26.2. The molecule has 2 amide bonds. The lowest BCUT2D eigenvalue weighted by Gasteiger charge is -2.48. The fourth-order valence-corrected chi connectivity index (χ4v) is 5.63. The molecule has 1 unspecified atom stereocenters. The molecule has 3 aliphatic heterocycles. The maximum Gasteiger partial charge on any atom is 0.282 e. The second-order valence-electron chi connectivity index (χ2n) is 10.5. The molecule has 3 aliphatic rings. The van der Waals surface area contributed by atoms with Crippen molar-refractivity contribution in [1.82, 2.24) is 14.7 Å². The van der Waals surface area contributed by atoms with Gasteiger partial charge in [0.25, 0.3) is 17.7 Å². The van der Waals surface area contributed by atoms with E-state index >= 15 is 0 Å². The summed E-state index contributed by atoms with van der Waals surface area (Å²) in [4.78, 5) is 30.6. The van der Waals surface area contributed by atoms with E-state index in [4.69, 9.17) is 11.6 Å². The van der Waals surface area contributed by atoms with Crippen LogP contribution in [0, 0.1) is 0 Å². The van der Waals surface area contributed by atoms with Crippen LogP contribution in [0.5, 0.6) is 0 Å². The maximum atomic E-state index is 13.1. The number of halogens is 3. The molecule has 5 rings (SSSR count). The van der Waals surface area contributed by atoms with Crippen LogP contribution in [0.3, 0.4) is 0 Å².